The summed E-state index contributed by atoms with van der Waals surface area (Å²) in [5.74, 6) is -1.33. The van der Waals surface area contributed by atoms with Crippen LogP contribution in [0.5, 0.6) is 0 Å². The van der Waals surface area contributed by atoms with Gasteiger partial charge in [-0.25, -0.2) is 8.78 Å². The van der Waals surface area contributed by atoms with Gasteiger partial charge in [0.2, 0.25) is 0 Å². The molecule has 0 amide bonds. The second-order valence-electron chi connectivity index (χ2n) is 3.30. The number of halogens is 2. The molecule has 0 N–H and O–H groups in total. The first-order valence-electron chi connectivity index (χ1n) is 4.16. The number of fused-ring (bicyclic) bond motifs is 1. The van der Waals surface area contributed by atoms with Crippen molar-refractivity contribution < 1.29 is 8.78 Å². The smallest absolute Gasteiger partial charge is 0.162 e. The maximum Gasteiger partial charge on any atom is 0.162 e. The molecule has 0 atom stereocenters. The van der Waals surface area contributed by atoms with E-state index in [1.807, 2.05) is 6.92 Å². The van der Waals surface area contributed by atoms with Crippen LogP contribution in [0.25, 0.3) is 0 Å². The number of aryl methyl sites for hydroxylation is 1. The highest BCUT2D eigenvalue weighted by atomic mass is 19.2. The zero-order chi connectivity index (χ0) is 8.72. The lowest BCUT2D eigenvalue weighted by molar-refractivity contribution is 0.499. The minimum atomic E-state index is -0.701. The lowest BCUT2D eigenvalue weighted by atomic mass is 10.0. The van der Waals surface area contributed by atoms with Crippen LogP contribution < -0.4 is 0 Å². The zero-order valence-corrected chi connectivity index (χ0v) is 6.95. The Hall–Kier alpha value is -0.920. The SMILES string of the molecule is Cc1cc(F)c(F)c2c1CCC2. The normalized spacial score (nSPS) is 14.9. The van der Waals surface area contributed by atoms with E-state index in [0.717, 1.165) is 24.0 Å². The van der Waals surface area contributed by atoms with Crippen LogP contribution in [-0.4, -0.2) is 0 Å². The molecule has 12 heavy (non-hydrogen) atoms. The molecule has 0 unspecified atom stereocenters. The van der Waals surface area contributed by atoms with Gasteiger partial charge < -0.3 is 0 Å². The molecule has 1 aliphatic rings. The lowest BCUT2D eigenvalue weighted by Crippen LogP contribution is -1.96. The third-order valence-electron chi connectivity index (χ3n) is 2.51. The van der Waals surface area contributed by atoms with Crippen LogP contribution in [0.3, 0.4) is 0 Å². The summed E-state index contributed by atoms with van der Waals surface area (Å²) in [6.07, 6.45) is 2.55. The third kappa shape index (κ3) is 0.942. The van der Waals surface area contributed by atoms with E-state index in [2.05, 4.69) is 0 Å². The summed E-state index contributed by atoms with van der Waals surface area (Å²) in [7, 11) is 0. The van der Waals surface area contributed by atoms with E-state index in [4.69, 9.17) is 0 Å². The summed E-state index contributed by atoms with van der Waals surface area (Å²) >= 11 is 0. The second kappa shape index (κ2) is 2.54. The van der Waals surface area contributed by atoms with E-state index in [1.165, 1.54) is 6.07 Å². The fraction of sp³-hybridized carbons (Fsp3) is 0.400. The predicted octanol–water partition coefficient (Wildman–Crippen LogP) is 2.76. The van der Waals surface area contributed by atoms with Gasteiger partial charge in [-0.3, -0.25) is 0 Å². The van der Waals surface area contributed by atoms with Crippen LogP contribution in [-0.2, 0) is 12.8 Å². The fourth-order valence-electron chi connectivity index (χ4n) is 1.91. The molecular formula is C10H10F2. The molecule has 0 heterocycles. The second-order valence-corrected chi connectivity index (χ2v) is 3.30. The average Bonchev–Trinajstić information content (AvgIpc) is 2.48. The van der Waals surface area contributed by atoms with Crippen LogP contribution in [0.2, 0.25) is 0 Å². The first kappa shape index (κ1) is 7.71. The van der Waals surface area contributed by atoms with E-state index in [1.54, 1.807) is 0 Å². The molecule has 0 aliphatic heterocycles. The predicted molar refractivity (Wildman–Crippen MR) is 43.1 cm³/mol. The van der Waals surface area contributed by atoms with Gasteiger partial charge in [0.05, 0.1) is 0 Å². The highest BCUT2D eigenvalue weighted by molar-refractivity contribution is 5.39. The van der Waals surface area contributed by atoms with Gasteiger partial charge in [0.1, 0.15) is 0 Å². The van der Waals surface area contributed by atoms with Gasteiger partial charge in [-0.1, -0.05) is 0 Å². The van der Waals surface area contributed by atoms with Crippen molar-refractivity contribution in [1.82, 2.24) is 0 Å². The number of hydrogen-bond donors (Lipinski definition) is 0. The first-order valence-corrected chi connectivity index (χ1v) is 4.16. The molecule has 64 valence electrons. The minimum Gasteiger partial charge on any atom is -0.204 e. The maximum atomic E-state index is 13.1. The Morgan fingerprint density at radius 3 is 2.58 bits per heavy atom. The van der Waals surface area contributed by atoms with Crippen molar-refractivity contribution in [2.24, 2.45) is 0 Å². The molecule has 0 bridgehead atoms. The van der Waals surface area contributed by atoms with Gasteiger partial charge in [0.25, 0.3) is 0 Å². The standard InChI is InChI=1S/C10H10F2/c1-6-5-9(11)10(12)8-4-2-3-7(6)8/h5H,2-4H2,1H3. The summed E-state index contributed by atoms with van der Waals surface area (Å²) in [6.45, 7) is 1.84. The van der Waals surface area contributed by atoms with Crippen molar-refractivity contribution in [3.8, 4) is 0 Å². The Morgan fingerprint density at radius 1 is 1.17 bits per heavy atom. The van der Waals surface area contributed by atoms with Crippen LogP contribution in [0.4, 0.5) is 8.78 Å². The summed E-state index contributed by atoms with van der Waals surface area (Å²) in [6, 6.07) is 1.29. The van der Waals surface area contributed by atoms with Gasteiger partial charge in [0, 0.05) is 0 Å². The Labute approximate surface area is 70.2 Å². The number of hydrogen-bond acceptors (Lipinski definition) is 0. The largest absolute Gasteiger partial charge is 0.204 e. The summed E-state index contributed by atoms with van der Waals surface area (Å²) in [5.41, 5.74) is 2.52. The Kier molecular flexibility index (Phi) is 1.63. The maximum absolute atomic E-state index is 13.1. The van der Waals surface area contributed by atoms with Gasteiger partial charge in [-0.15, -0.1) is 0 Å². The van der Waals surface area contributed by atoms with E-state index in [0.29, 0.717) is 12.0 Å². The van der Waals surface area contributed by atoms with E-state index >= 15 is 0 Å². The van der Waals surface area contributed by atoms with Crippen molar-refractivity contribution >= 4 is 0 Å². The number of benzene rings is 1. The van der Waals surface area contributed by atoms with Crippen LogP contribution >= 0.6 is 0 Å². The molecule has 0 radical (unpaired) electrons. The topological polar surface area (TPSA) is 0 Å². The minimum absolute atomic E-state index is 0.604. The molecule has 0 nitrogen and oxygen atoms in total. The summed E-state index contributed by atoms with van der Waals surface area (Å²) in [5, 5.41) is 0. The van der Waals surface area contributed by atoms with E-state index in [-0.39, 0.29) is 0 Å². The molecule has 0 aromatic heterocycles. The molecule has 2 rings (SSSR count). The first-order chi connectivity index (χ1) is 5.70. The van der Waals surface area contributed by atoms with Crippen molar-refractivity contribution in [2.45, 2.75) is 26.2 Å². The molecule has 0 spiro atoms. The summed E-state index contributed by atoms with van der Waals surface area (Å²) < 4.78 is 26.0. The Morgan fingerprint density at radius 2 is 1.83 bits per heavy atom. The van der Waals surface area contributed by atoms with Crippen molar-refractivity contribution in [2.75, 3.05) is 0 Å². The van der Waals surface area contributed by atoms with Crippen LogP contribution in [0, 0.1) is 18.6 Å². The molecule has 0 fully saturated rings. The number of rotatable bonds is 0. The molecule has 1 aliphatic carbocycles. The van der Waals surface area contributed by atoms with Crippen LogP contribution in [0.1, 0.15) is 23.1 Å². The average molecular weight is 168 g/mol. The lowest BCUT2D eigenvalue weighted by Gasteiger charge is -2.05. The monoisotopic (exact) mass is 168 g/mol. The molecule has 0 saturated heterocycles. The molecule has 1 aromatic rings. The summed E-state index contributed by atoms with van der Waals surface area (Å²) in [4.78, 5) is 0. The highest BCUT2D eigenvalue weighted by Crippen LogP contribution is 2.28. The van der Waals surface area contributed by atoms with E-state index in [9.17, 15) is 8.78 Å². The fourth-order valence-corrected chi connectivity index (χ4v) is 1.91. The molecule has 1 aromatic carbocycles. The Bertz CT molecular complexity index is 329. The van der Waals surface area contributed by atoms with E-state index < -0.39 is 11.6 Å². The molecular weight excluding hydrogens is 158 g/mol. The molecule has 0 saturated carbocycles. The van der Waals surface area contributed by atoms with Crippen LogP contribution in [0.15, 0.2) is 6.07 Å². The van der Waals surface area contributed by atoms with Gasteiger partial charge in [0.15, 0.2) is 11.6 Å². The van der Waals surface area contributed by atoms with Crippen molar-refractivity contribution in [1.29, 1.82) is 0 Å². The van der Waals surface area contributed by atoms with Crippen molar-refractivity contribution in [3.63, 3.8) is 0 Å². The molecule has 2 heteroatoms. The van der Waals surface area contributed by atoms with Gasteiger partial charge >= 0.3 is 0 Å². The highest BCUT2D eigenvalue weighted by Gasteiger charge is 2.20. The zero-order valence-electron chi connectivity index (χ0n) is 6.95. The van der Waals surface area contributed by atoms with Gasteiger partial charge in [-0.05, 0) is 48.9 Å². The van der Waals surface area contributed by atoms with Gasteiger partial charge in [-0.2, -0.15) is 0 Å². The van der Waals surface area contributed by atoms with Crippen molar-refractivity contribution in [3.05, 3.63) is 34.4 Å². The quantitative estimate of drug-likeness (QED) is 0.558. The third-order valence-corrected chi connectivity index (χ3v) is 2.51. The Balaban J connectivity index is 2.69.